The fraction of sp³-hybridized carbons (Fsp3) is 0.200. The number of benzene rings is 1. The Hall–Kier alpha value is -2.08. The van der Waals surface area contributed by atoms with E-state index in [1.807, 2.05) is 19.9 Å². The van der Waals surface area contributed by atoms with E-state index in [-0.39, 0.29) is 0 Å². The molecule has 5 nitrogen and oxygen atoms in total. The molecule has 3 N–H and O–H groups in total. The van der Waals surface area contributed by atoms with E-state index in [0.717, 1.165) is 27.1 Å². The lowest BCUT2D eigenvalue weighted by Gasteiger charge is -2.11. The van der Waals surface area contributed by atoms with Crippen LogP contribution in [-0.4, -0.2) is 16.8 Å². The molecule has 2 amide bonds. The molecule has 1 heterocycles. The fourth-order valence-corrected chi connectivity index (χ4v) is 2.57. The van der Waals surface area contributed by atoms with E-state index in [9.17, 15) is 4.79 Å². The Balaban J connectivity index is 2.41. The maximum absolute atomic E-state index is 10.6. The number of carbonyl (C=O) groups excluding carboxylic acids is 1. The molecule has 0 aliphatic rings. The molecule has 110 valence electrons. The van der Waals surface area contributed by atoms with Crippen molar-refractivity contribution in [3.05, 3.63) is 51.3 Å². The molecule has 0 bridgehead atoms. The van der Waals surface area contributed by atoms with Crippen LogP contribution < -0.4 is 11.2 Å². The van der Waals surface area contributed by atoms with E-state index in [2.05, 4.69) is 56.1 Å². The zero-order valence-corrected chi connectivity index (χ0v) is 13.7. The van der Waals surface area contributed by atoms with Crippen molar-refractivity contribution in [1.29, 1.82) is 0 Å². The second kappa shape index (κ2) is 6.13. The first-order chi connectivity index (χ1) is 9.90. The lowest BCUT2D eigenvalue weighted by molar-refractivity contribution is 0.249. The summed E-state index contributed by atoms with van der Waals surface area (Å²) in [6.45, 7) is 6.09. The number of nitrogens with zero attached hydrogens (tertiary/aromatic N) is 2. The van der Waals surface area contributed by atoms with Crippen molar-refractivity contribution in [2.45, 2.75) is 20.8 Å². The number of halogens is 1. The van der Waals surface area contributed by atoms with Crippen LogP contribution in [0.4, 0.5) is 4.79 Å². The number of nitrogens with two attached hydrogens (primary N) is 1. The standard InChI is InChI=1S/C15H17BrN4O/c1-9-4-5-13(7-14(9)16)20-10(2)6-12(11(20)3)8-18-19-15(17)21/h4-8H,1-3H3,(H3,17,19,21)/b18-8-. The van der Waals surface area contributed by atoms with Crippen LogP contribution in [0.25, 0.3) is 5.69 Å². The SMILES string of the molecule is Cc1ccc(-n2c(C)cc(/C=N\NC(N)=O)c2C)cc1Br. The van der Waals surface area contributed by atoms with Gasteiger partial charge in [0.05, 0.1) is 6.21 Å². The van der Waals surface area contributed by atoms with Crippen molar-refractivity contribution >= 4 is 28.2 Å². The number of aryl methyl sites for hydroxylation is 2. The Morgan fingerprint density at radius 2 is 2.05 bits per heavy atom. The monoisotopic (exact) mass is 348 g/mol. The van der Waals surface area contributed by atoms with Gasteiger partial charge in [-0.1, -0.05) is 22.0 Å². The maximum Gasteiger partial charge on any atom is 0.332 e. The van der Waals surface area contributed by atoms with Crippen LogP contribution in [0.2, 0.25) is 0 Å². The van der Waals surface area contributed by atoms with Gasteiger partial charge in [0, 0.05) is 27.1 Å². The highest BCUT2D eigenvalue weighted by Gasteiger charge is 2.10. The molecule has 1 aromatic carbocycles. The van der Waals surface area contributed by atoms with E-state index in [0.29, 0.717) is 0 Å². The minimum Gasteiger partial charge on any atom is -0.350 e. The van der Waals surface area contributed by atoms with Crippen molar-refractivity contribution in [2.75, 3.05) is 0 Å². The Labute approximate surface area is 132 Å². The minimum atomic E-state index is -0.678. The summed E-state index contributed by atoms with van der Waals surface area (Å²) < 4.78 is 3.20. The molecule has 0 unspecified atom stereocenters. The van der Waals surface area contributed by atoms with Crippen molar-refractivity contribution < 1.29 is 4.79 Å². The van der Waals surface area contributed by atoms with Crippen LogP contribution in [-0.2, 0) is 0 Å². The van der Waals surface area contributed by atoms with E-state index in [1.54, 1.807) is 6.21 Å². The van der Waals surface area contributed by atoms with Gasteiger partial charge < -0.3 is 10.3 Å². The molecule has 2 aromatic rings. The molecule has 1 aromatic heterocycles. The van der Waals surface area contributed by atoms with Gasteiger partial charge in [-0.05, 0) is 44.5 Å². The van der Waals surface area contributed by atoms with Crippen LogP contribution in [0.5, 0.6) is 0 Å². The number of rotatable bonds is 3. The normalized spacial score (nSPS) is 11.0. The first kappa shape index (κ1) is 15.3. The number of hydrazone groups is 1. The molecule has 0 saturated carbocycles. The van der Waals surface area contributed by atoms with Crippen molar-refractivity contribution in [3.63, 3.8) is 0 Å². The third-order valence-electron chi connectivity index (χ3n) is 3.26. The summed E-state index contributed by atoms with van der Waals surface area (Å²) in [7, 11) is 0. The van der Waals surface area contributed by atoms with Crippen molar-refractivity contribution in [3.8, 4) is 5.69 Å². The third kappa shape index (κ3) is 3.33. The molecule has 0 atom stereocenters. The number of aromatic nitrogens is 1. The Morgan fingerprint density at radius 1 is 1.33 bits per heavy atom. The summed E-state index contributed by atoms with van der Waals surface area (Å²) in [6, 6.07) is 7.55. The second-order valence-electron chi connectivity index (χ2n) is 4.83. The number of urea groups is 1. The molecular weight excluding hydrogens is 332 g/mol. The number of hydrogen-bond donors (Lipinski definition) is 2. The Morgan fingerprint density at radius 3 is 2.67 bits per heavy atom. The van der Waals surface area contributed by atoms with Crippen LogP contribution in [0.1, 0.15) is 22.5 Å². The summed E-state index contributed by atoms with van der Waals surface area (Å²) in [6.07, 6.45) is 1.59. The minimum absolute atomic E-state index is 0.678. The molecule has 21 heavy (non-hydrogen) atoms. The molecule has 0 aliphatic carbocycles. The average Bonchev–Trinajstić information content (AvgIpc) is 2.68. The first-order valence-electron chi connectivity index (χ1n) is 6.44. The summed E-state index contributed by atoms with van der Waals surface area (Å²) in [5.41, 5.74) is 12.5. The highest BCUT2D eigenvalue weighted by atomic mass is 79.9. The summed E-state index contributed by atoms with van der Waals surface area (Å²) in [5, 5.41) is 3.81. The molecule has 6 heteroatoms. The predicted molar refractivity (Wildman–Crippen MR) is 88.0 cm³/mol. The van der Waals surface area contributed by atoms with Gasteiger partial charge in [-0.3, -0.25) is 0 Å². The third-order valence-corrected chi connectivity index (χ3v) is 4.12. The van der Waals surface area contributed by atoms with Gasteiger partial charge in [0.2, 0.25) is 0 Å². The number of carbonyl (C=O) groups is 1. The zero-order chi connectivity index (χ0) is 15.6. The predicted octanol–water partition coefficient (Wildman–Crippen LogP) is 3.17. The first-order valence-corrected chi connectivity index (χ1v) is 7.23. The van der Waals surface area contributed by atoms with Gasteiger partial charge in [-0.15, -0.1) is 0 Å². The lowest BCUT2D eigenvalue weighted by atomic mass is 10.2. The topological polar surface area (TPSA) is 72.4 Å². The molecule has 0 saturated heterocycles. The summed E-state index contributed by atoms with van der Waals surface area (Å²) in [5.74, 6) is 0. The van der Waals surface area contributed by atoms with Gasteiger partial charge in [0.15, 0.2) is 0 Å². The van der Waals surface area contributed by atoms with E-state index < -0.39 is 6.03 Å². The maximum atomic E-state index is 10.6. The van der Waals surface area contributed by atoms with Gasteiger partial charge >= 0.3 is 6.03 Å². The lowest BCUT2D eigenvalue weighted by Crippen LogP contribution is -2.24. The summed E-state index contributed by atoms with van der Waals surface area (Å²) >= 11 is 3.56. The number of amides is 2. The second-order valence-corrected chi connectivity index (χ2v) is 5.68. The highest BCUT2D eigenvalue weighted by molar-refractivity contribution is 9.10. The van der Waals surface area contributed by atoms with Crippen LogP contribution in [0.15, 0.2) is 33.8 Å². The highest BCUT2D eigenvalue weighted by Crippen LogP contribution is 2.24. The van der Waals surface area contributed by atoms with Crippen LogP contribution in [0.3, 0.4) is 0 Å². The smallest absolute Gasteiger partial charge is 0.332 e. The Kier molecular flexibility index (Phi) is 4.47. The molecule has 2 rings (SSSR count). The van der Waals surface area contributed by atoms with Gasteiger partial charge in [0.25, 0.3) is 0 Å². The fourth-order valence-electron chi connectivity index (χ4n) is 2.20. The van der Waals surface area contributed by atoms with E-state index in [4.69, 9.17) is 5.73 Å². The van der Waals surface area contributed by atoms with Crippen LogP contribution >= 0.6 is 15.9 Å². The molecule has 0 fully saturated rings. The van der Waals surface area contributed by atoms with Crippen LogP contribution in [0, 0.1) is 20.8 Å². The number of hydrogen-bond acceptors (Lipinski definition) is 2. The quantitative estimate of drug-likeness (QED) is 0.648. The van der Waals surface area contributed by atoms with Gasteiger partial charge in [-0.25, -0.2) is 10.2 Å². The molecule has 0 aliphatic heterocycles. The average molecular weight is 349 g/mol. The van der Waals surface area contributed by atoms with Gasteiger partial charge in [-0.2, -0.15) is 5.10 Å². The van der Waals surface area contributed by atoms with E-state index >= 15 is 0 Å². The Bertz CT molecular complexity index is 719. The van der Waals surface area contributed by atoms with Crippen molar-refractivity contribution in [1.82, 2.24) is 9.99 Å². The number of primary amides is 1. The van der Waals surface area contributed by atoms with E-state index in [1.165, 1.54) is 5.56 Å². The molecule has 0 spiro atoms. The molecule has 0 radical (unpaired) electrons. The van der Waals surface area contributed by atoms with Gasteiger partial charge in [0.1, 0.15) is 0 Å². The zero-order valence-electron chi connectivity index (χ0n) is 12.1. The summed E-state index contributed by atoms with van der Waals surface area (Å²) in [4.78, 5) is 10.6. The number of nitrogens with one attached hydrogen (secondary N) is 1. The largest absolute Gasteiger partial charge is 0.350 e. The van der Waals surface area contributed by atoms with Crippen molar-refractivity contribution in [2.24, 2.45) is 10.8 Å². The molecular formula is C15H17BrN4O.